The van der Waals surface area contributed by atoms with Crippen LogP contribution < -0.4 is 4.90 Å². The summed E-state index contributed by atoms with van der Waals surface area (Å²) in [7, 11) is 0. The molecular weight excluding hydrogens is 336 g/mol. The number of carbonyl (C=O) groups excluding carboxylic acids is 1. The number of benzene rings is 1. The van der Waals surface area contributed by atoms with E-state index < -0.39 is 0 Å². The van der Waals surface area contributed by atoms with Crippen molar-refractivity contribution < 1.29 is 4.79 Å². The van der Waals surface area contributed by atoms with Crippen molar-refractivity contribution in [2.24, 2.45) is 0 Å². The predicted molar refractivity (Wildman–Crippen MR) is 97.9 cm³/mol. The molecule has 0 unspecified atom stereocenters. The Labute approximate surface area is 149 Å². The molecule has 4 rings (SSSR count). The van der Waals surface area contributed by atoms with Crippen molar-refractivity contribution in [2.75, 3.05) is 31.1 Å². The normalized spacial score (nSPS) is 15.1. The lowest BCUT2D eigenvalue weighted by atomic mass is 10.1. The molecular formula is C17H20N6OS. The fraction of sp³-hybridized carbons (Fsp3) is 0.412. The van der Waals surface area contributed by atoms with E-state index in [9.17, 15) is 4.79 Å². The SMILES string of the molecule is Cc1ccc2sc(N3CCN(C(=O)Cn4cncn4)CC3)nc2c1C. The molecule has 0 saturated carbocycles. The van der Waals surface area contributed by atoms with Crippen molar-refractivity contribution in [3.05, 3.63) is 35.9 Å². The van der Waals surface area contributed by atoms with E-state index in [1.54, 1.807) is 22.3 Å². The molecule has 0 spiro atoms. The third-order valence-corrected chi connectivity index (χ3v) is 5.82. The molecule has 1 aromatic carbocycles. The monoisotopic (exact) mass is 356 g/mol. The number of carbonyl (C=O) groups is 1. The van der Waals surface area contributed by atoms with Crippen molar-refractivity contribution in [1.29, 1.82) is 0 Å². The first kappa shape index (κ1) is 16.0. The minimum atomic E-state index is 0.0842. The van der Waals surface area contributed by atoms with Gasteiger partial charge in [-0.3, -0.25) is 4.79 Å². The number of hydrogen-bond donors (Lipinski definition) is 0. The van der Waals surface area contributed by atoms with E-state index in [2.05, 4.69) is 41.0 Å². The van der Waals surface area contributed by atoms with Crippen LogP contribution in [0.1, 0.15) is 11.1 Å². The van der Waals surface area contributed by atoms with Gasteiger partial charge in [0.15, 0.2) is 5.13 Å². The molecule has 1 saturated heterocycles. The third kappa shape index (κ3) is 3.09. The van der Waals surface area contributed by atoms with Crippen molar-refractivity contribution >= 4 is 32.6 Å². The maximum atomic E-state index is 12.3. The first-order valence-electron chi connectivity index (χ1n) is 8.33. The van der Waals surface area contributed by atoms with Crippen LogP contribution in [-0.4, -0.2) is 56.7 Å². The molecule has 3 heterocycles. The minimum Gasteiger partial charge on any atom is -0.345 e. The van der Waals surface area contributed by atoms with E-state index >= 15 is 0 Å². The summed E-state index contributed by atoms with van der Waals surface area (Å²) < 4.78 is 2.79. The van der Waals surface area contributed by atoms with Crippen molar-refractivity contribution in [2.45, 2.75) is 20.4 Å². The average molecular weight is 356 g/mol. The number of aryl methyl sites for hydroxylation is 2. The highest BCUT2D eigenvalue weighted by atomic mass is 32.1. The second-order valence-electron chi connectivity index (χ2n) is 6.31. The Morgan fingerprint density at radius 3 is 2.72 bits per heavy atom. The molecule has 1 amide bonds. The minimum absolute atomic E-state index is 0.0842. The van der Waals surface area contributed by atoms with E-state index in [1.807, 2.05) is 4.90 Å². The Morgan fingerprint density at radius 2 is 2.00 bits per heavy atom. The van der Waals surface area contributed by atoms with Gasteiger partial charge in [-0.25, -0.2) is 14.6 Å². The Bertz CT molecular complexity index is 895. The summed E-state index contributed by atoms with van der Waals surface area (Å²) in [6, 6.07) is 4.30. The van der Waals surface area contributed by atoms with Crippen LogP contribution in [0, 0.1) is 13.8 Å². The van der Waals surface area contributed by atoms with E-state index in [4.69, 9.17) is 4.98 Å². The fourth-order valence-corrected chi connectivity index (χ4v) is 4.13. The lowest BCUT2D eigenvalue weighted by molar-refractivity contribution is -0.132. The molecule has 1 fully saturated rings. The summed E-state index contributed by atoms with van der Waals surface area (Å²) in [5.74, 6) is 0.0842. The zero-order valence-electron chi connectivity index (χ0n) is 14.3. The topological polar surface area (TPSA) is 67.2 Å². The van der Waals surface area contributed by atoms with Gasteiger partial charge in [-0.15, -0.1) is 0 Å². The molecule has 130 valence electrons. The zero-order valence-corrected chi connectivity index (χ0v) is 15.2. The largest absolute Gasteiger partial charge is 0.345 e. The van der Waals surface area contributed by atoms with Crippen LogP contribution in [0.4, 0.5) is 5.13 Å². The highest BCUT2D eigenvalue weighted by Crippen LogP contribution is 2.32. The maximum absolute atomic E-state index is 12.3. The Balaban J connectivity index is 1.43. The van der Waals surface area contributed by atoms with Crippen molar-refractivity contribution in [3.8, 4) is 0 Å². The molecule has 0 bridgehead atoms. The summed E-state index contributed by atoms with van der Waals surface area (Å²) in [5, 5.41) is 5.04. The van der Waals surface area contributed by atoms with Gasteiger partial charge in [-0.2, -0.15) is 5.10 Å². The summed E-state index contributed by atoms with van der Waals surface area (Å²) >= 11 is 1.73. The number of anilines is 1. The molecule has 8 heteroatoms. The summed E-state index contributed by atoms with van der Waals surface area (Å²) in [5.41, 5.74) is 3.62. The first-order valence-corrected chi connectivity index (χ1v) is 9.15. The van der Waals surface area contributed by atoms with E-state index in [1.165, 1.54) is 22.2 Å². The number of aromatic nitrogens is 4. The second-order valence-corrected chi connectivity index (χ2v) is 7.32. The highest BCUT2D eigenvalue weighted by molar-refractivity contribution is 7.22. The van der Waals surface area contributed by atoms with Crippen LogP contribution in [0.2, 0.25) is 0 Å². The van der Waals surface area contributed by atoms with E-state index in [-0.39, 0.29) is 12.5 Å². The number of thiazole rings is 1. The van der Waals surface area contributed by atoms with Crippen LogP contribution in [0.25, 0.3) is 10.2 Å². The maximum Gasteiger partial charge on any atom is 0.244 e. The Hall–Kier alpha value is -2.48. The van der Waals surface area contributed by atoms with Crippen LogP contribution in [0.5, 0.6) is 0 Å². The predicted octanol–water partition coefficient (Wildman–Crippen LogP) is 1.85. The summed E-state index contributed by atoms with van der Waals surface area (Å²) in [6.07, 6.45) is 3.02. The molecule has 0 atom stereocenters. The Kier molecular flexibility index (Phi) is 4.12. The van der Waals surface area contributed by atoms with Gasteiger partial charge in [0.05, 0.1) is 10.2 Å². The molecule has 0 N–H and O–H groups in total. The number of piperazine rings is 1. The lowest BCUT2D eigenvalue weighted by Crippen LogP contribution is -2.49. The first-order chi connectivity index (χ1) is 12.1. The van der Waals surface area contributed by atoms with Crippen LogP contribution in [0.15, 0.2) is 24.8 Å². The second kappa shape index (κ2) is 6.44. The number of fused-ring (bicyclic) bond motifs is 1. The average Bonchev–Trinajstić information content (AvgIpc) is 3.28. The highest BCUT2D eigenvalue weighted by Gasteiger charge is 2.23. The third-order valence-electron chi connectivity index (χ3n) is 4.74. The molecule has 3 aromatic rings. The fourth-order valence-electron chi connectivity index (χ4n) is 3.05. The standard InChI is InChI=1S/C17H20N6OS/c1-12-3-4-14-16(13(12)2)20-17(25-14)22-7-5-21(6-8-22)15(24)9-23-11-18-10-19-23/h3-4,10-11H,5-9H2,1-2H3. The zero-order chi connectivity index (χ0) is 17.4. The van der Waals surface area contributed by atoms with Crippen molar-refractivity contribution in [1.82, 2.24) is 24.6 Å². The van der Waals surface area contributed by atoms with Gasteiger partial charge in [0.1, 0.15) is 19.2 Å². The summed E-state index contributed by atoms with van der Waals surface area (Å²) in [6.45, 7) is 7.53. The van der Waals surface area contributed by atoms with Gasteiger partial charge in [0, 0.05) is 26.2 Å². The van der Waals surface area contributed by atoms with Gasteiger partial charge in [0.2, 0.25) is 5.91 Å². The van der Waals surface area contributed by atoms with Gasteiger partial charge in [-0.05, 0) is 31.0 Å². The smallest absolute Gasteiger partial charge is 0.244 e. The van der Waals surface area contributed by atoms with E-state index in [0.717, 1.165) is 23.7 Å². The molecule has 25 heavy (non-hydrogen) atoms. The molecule has 0 radical (unpaired) electrons. The van der Waals surface area contributed by atoms with Crippen LogP contribution in [-0.2, 0) is 11.3 Å². The van der Waals surface area contributed by atoms with Gasteiger partial charge < -0.3 is 9.80 Å². The van der Waals surface area contributed by atoms with Crippen LogP contribution >= 0.6 is 11.3 Å². The molecule has 2 aromatic heterocycles. The van der Waals surface area contributed by atoms with Crippen LogP contribution in [0.3, 0.4) is 0 Å². The number of nitrogens with zero attached hydrogens (tertiary/aromatic N) is 6. The van der Waals surface area contributed by atoms with Gasteiger partial charge in [-0.1, -0.05) is 17.4 Å². The molecule has 1 aliphatic heterocycles. The molecule has 0 aliphatic carbocycles. The molecule has 1 aliphatic rings. The number of rotatable bonds is 3. The Morgan fingerprint density at radius 1 is 1.20 bits per heavy atom. The quantitative estimate of drug-likeness (QED) is 0.716. The molecule has 7 nitrogen and oxygen atoms in total. The number of amides is 1. The van der Waals surface area contributed by atoms with Gasteiger partial charge >= 0.3 is 0 Å². The lowest BCUT2D eigenvalue weighted by Gasteiger charge is -2.34. The summed E-state index contributed by atoms with van der Waals surface area (Å²) in [4.78, 5) is 25.2. The van der Waals surface area contributed by atoms with Crippen molar-refractivity contribution in [3.63, 3.8) is 0 Å². The van der Waals surface area contributed by atoms with Gasteiger partial charge in [0.25, 0.3) is 0 Å². The number of hydrogen-bond acceptors (Lipinski definition) is 6. The van der Waals surface area contributed by atoms with E-state index in [0.29, 0.717) is 13.1 Å².